The van der Waals surface area contributed by atoms with Crippen LogP contribution in [0.4, 0.5) is 5.82 Å². The molecule has 31 heavy (non-hydrogen) atoms. The number of piperidine rings is 1. The Kier molecular flexibility index (Phi) is 5.50. The molecule has 0 saturated carbocycles. The molecule has 0 spiro atoms. The molecule has 1 fully saturated rings. The lowest BCUT2D eigenvalue weighted by Gasteiger charge is -2.33. The standard InChI is InChI=1S/C26H25N3O2/c30-18-19-7-6-16-29(17-19)26-23-10-4-5-11-24(23)27-25(28-26)20-12-14-22(15-13-20)31-21-8-2-1-3-9-21/h1-5,8-15,19,30H,6-7,16-18H2/t19-/m0/s1. The maximum absolute atomic E-state index is 9.66. The van der Waals surface area contributed by atoms with E-state index in [0.717, 1.165) is 59.7 Å². The third-order valence-electron chi connectivity index (χ3n) is 5.75. The number of fused-ring (bicyclic) bond motifs is 1. The summed E-state index contributed by atoms with van der Waals surface area (Å²) in [6.07, 6.45) is 2.12. The van der Waals surface area contributed by atoms with Crippen molar-refractivity contribution in [2.24, 2.45) is 5.92 Å². The van der Waals surface area contributed by atoms with E-state index in [2.05, 4.69) is 11.0 Å². The van der Waals surface area contributed by atoms with Gasteiger partial charge in [-0.05, 0) is 67.3 Å². The van der Waals surface area contributed by atoms with E-state index in [4.69, 9.17) is 14.7 Å². The number of aromatic nitrogens is 2. The summed E-state index contributed by atoms with van der Waals surface area (Å²) in [5, 5.41) is 10.7. The molecule has 0 aliphatic carbocycles. The van der Waals surface area contributed by atoms with Crippen LogP contribution >= 0.6 is 0 Å². The third-order valence-corrected chi connectivity index (χ3v) is 5.75. The summed E-state index contributed by atoms with van der Waals surface area (Å²) in [7, 11) is 0. The predicted molar refractivity (Wildman–Crippen MR) is 124 cm³/mol. The van der Waals surface area contributed by atoms with Crippen molar-refractivity contribution in [2.75, 3.05) is 24.6 Å². The largest absolute Gasteiger partial charge is 0.457 e. The molecule has 5 heteroatoms. The highest BCUT2D eigenvalue weighted by Gasteiger charge is 2.23. The monoisotopic (exact) mass is 411 g/mol. The topological polar surface area (TPSA) is 58.5 Å². The smallest absolute Gasteiger partial charge is 0.162 e. The molecule has 156 valence electrons. The van der Waals surface area contributed by atoms with Crippen LogP contribution in [-0.4, -0.2) is 34.8 Å². The second-order valence-corrected chi connectivity index (χ2v) is 7.96. The van der Waals surface area contributed by atoms with E-state index in [-0.39, 0.29) is 6.61 Å². The first-order valence-electron chi connectivity index (χ1n) is 10.8. The number of para-hydroxylation sites is 2. The van der Waals surface area contributed by atoms with E-state index in [1.165, 1.54) is 0 Å². The molecule has 1 aliphatic rings. The maximum atomic E-state index is 9.66. The third kappa shape index (κ3) is 4.23. The molecule has 1 saturated heterocycles. The Morgan fingerprint density at radius 2 is 1.61 bits per heavy atom. The van der Waals surface area contributed by atoms with E-state index < -0.39 is 0 Å². The highest BCUT2D eigenvalue weighted by molar-refractivity contribution is 5.91. The second kappa shape index (κ2) is 8.74. The lowest BCUT2D eigenvalue weighted by molar-refractivity contribution is 0.208. The van der Waals surface area contributed by atoms with Gasteiger partial charge >= 0.3 is 0 Å². The molecule has 0 unspecified atom stereocenters. The Labute approximate surface area is 182 Å². The molecule has 1 N–H and O–H groups in total. The average molecular weight is 412 g/mol. The highest BCUT2D eigenvalue weighted by Crippen LogP contribution is 2.31. The van der Waals surface area contributed by atoms with Crippen molar-refractivity contribution in [3.63, 3.8) is 0 Å². The first-order chi connectivity index (χ1) is 15.3. The molecule has 2 heterocycles. The minimum absolute atomic E-state index is 0.218. The Hall–Kier alpha value is -3.44. The molecule has 5 rings (SSSR count). The second-order valence-electron chi connectivity index (χ2n) is 7.96. The summed E-state index contributed by atoms with van der Waals surface area (Å²) in [5.74, 6) is 3.52. The van der Waals surface area contributed by atoms with Crippen molar-refractivity contribution in [1.29, 1.82) is 0 Å². The van der Waals surface area contributed by atoms with Crippen LogP contribution in [0.2, 0.25) is 0 Å². The Balaban J connectivity index is 1.48. The summed E-state index contributed by atoms with van der Waals surface area (Å²) in [4.78, 5) is 12.1. The zero-order valence-corrected chi connectivity index (χ0v) is 17.3. The number of rotatable bonds is 5. The van der Waals surface area contributed by atoms with Gasteiger partial charge in [-0.2, -0.15) is 0 Å². The van der Waals surface area contributed by atoms with Crippen molar-refractivity contribution < 1.29 is 9.84 Å². The van der Waals surface area contributed by atoms with Crippen molar-refractivity contribution in [2.45, 2.75) is 12.8 Å². The zero-order valence-electron chi connectivity index (χ0n) is 17.3. The molecular weight excluding hydrogens is 386 g/mol. The molecule has 0 amide bonds. The molecule has 4 aromatic rings. The SMILES string of the molecule is OC[C@H]1CCCN(c2nc(-c3ccc(Oc4ccccc4)cc3)nc3ccccc23)C1. The first kappa shape index (κ1) is 19.5. The van der Waals surface area contributed by atoms with Crippen molar-refractivity contribution in [1.82, 2.24) is 9.97 Å². The minimum Gasteiger partial charge on any atom is -0.457 e. The lowest BCUT2D eigenvalue weighted by atomic mass is 9.99. The highest BCUT2D eigenvalue weighted by atomic mass is 16.5. The predicted octanol–water partition coefficient (Wildman–Crippen LogP) is 5.30. The van der Waals surface area contributed by atoms with Gasteiger partial charge in [0.05, 0.1) is 5.52 Å². The fraction of sp³-hybridized carbons (Fsp3) is 0.231. The van der Waals surface area contributed by atoms with Gasteiger partial charge in [-0.15, -0.1) is 0 Å². The zero-order chi connectivity index (χ0) is 21.0. The van der Waals surface area contributed by atoms with E-state index in [1.54, 1.807) is 0 Å². The fourth-order valence-corrected chi connectivity index (χ4v) is 4.13. The summed E-state index contributed by atoms with van der Waals surface area (Å²) < 4.78 is 5.91. The van der Waals surface area contributed by atoms with Crippen LogP contribution in [0.3, 0.4) is 0 Å². The van der Waals surface area contributed by atoms with E-state index >= 15 is 0 Å². The summed E-state index contributed by atoms with van der Waals surface area (Å²) in [6.45, 7) is 1.98. The number of aliphatic hydroxyl groups is 1. The van der Waals surface area contributed by atoms with Gasteiger partial charge in [-0.3, -0.25) is 0 Å². The van der Waals surface area contributed by atoms with Crippen LogP contribution in [0.1, 0.15) is 12.8 Å². The Morgan fingerprint density at radius 1 is 0.871 bits per heavy atom. The molecular formula is C26H25N3O2. The number of anilines is 1. The van der Waals surface area contributed by atoms with Crippen molar-refractivity contribution in [3.8, 4) is 22.9 Å². The van der Waals surface area contributed by atoms with Gasteiger partial charge in [0.25, 0.3) is 0 Å². The lowest BCUT2D eigenvalue weighted by Crippen LogP contribution is -2.37. The number of hydrogen-bond acceptors (Lipinski definition) is 5. The molecule has 0 radical (unpaired) electrons. The molecule has 3 aromatic carbocycles. The van der Waals surface area contributed by atoms with Gasteiger partial charge in [0.1, 0.15) is 17.3 Å². The normalized spacial score (nSPS) is 16.4. The molecule has 5 nitrogen and oxygen atoms in total. The maximum Gasteiger partial charge on any atom is 0.162 e. The number of benzene rings is 3. The summed E-state index contributed by atoms with van der Waals surface area (Å²) in [6, 6.07) is 25.8. The summed E-state index contributed by atoms with van der Waals surface area (Å²) >= 11 is 0. The minimum atomic E-state index is 0.218. The molecule has 1 aromatic heterocycles. The van der Waals surface area contributed by atoms with Crippen LogP contribution in [-0.2, 0) is 0 Å². The van der Waals surface area contributed by atoms with Gasteiger partial charge < -0.3 is 14.7 Å². The van der Waals surface area contributed by atoms with Crippen molar-refractivity contribution >= 4 is 16.7 Å². The first-order valence-corrected chi connectivity index (χ1v) is 10.8. The van der Waals surface area contributed by atoms with Crippen LogP contribution in [0.5, 0.6) is 11.5 Å². The van der Waals surface area contributed by atoms with Crippen LogP contribution in [0.25, 0.3) is 22.3 Å². The quantitative estimate of drug-likeness (QED) is 0.483. The molecule has 0 bridgehead atoms. The van der Waals surface area contributed by atoms with E-state index in [1.807, 2.05) is 72.8 Å². The molecule has 1 aliphatic heterocycles. The van der Waals surface area contributed by atoms with Gasteiger partial charge in [0.15, 0.2) is 5.82 Å². The summed E-state index contributed by atoms with van der Waals surface area (Å²) in [5.41, 5.74) is 1.88. The van der Waals surface area contributed by atoms with Gasteiger partial charge in [0.2, 0.25) is 0 Å². The van der Waals surface area contributed by atoms with Crippen LogP contribution in [0, 0.1) is 5.92 Å². The van der Waals surface area contributed by atoms with Crippen LogP contribution in [0.15, 0.2) is 78.9 Å². The van der Waals surface area contributed by atoms with E-state index in [0.29, 0.717) is 11.7 Å². The van der Waals surface area contributed by atoms with Crippen LogP contribution < -0.4 is 9.64 Å². The number of hydrogen-bond donors (Lipinski definition) is 1. The van der Waals surface area contributed by atoms with Gasteiger partial charge in [-0.1, -0.05) is 30.3 Å². The fourth-order valence-electron chi connectivity index (χ4n) is 4.13. The number of aliphatic hydroxyl groups excluding tert-OH is 1. The van der Waals surface area contributed by atoms with Crippen molar-refractivity contribution in [3.05, 3.63) is 78.9 Å². The molecule has 1 atom stereocenters. The Bertz CT molecular complexity index is 1160. The Morgan fingerprint density at radius 3 is 2.42 bits per heavy atom. The average Bonchev–Trinajstić information content (AvgIpc) is 2.84. The van der Waals surface area contributed by atoms with Gasteiger partial charge in [-0.25, -0.2) is 9.97 Å². The number of ether oxygens (including phenoxy) is 1. The van der Waals surface area contributed by atoms with Gasteiger partial charge in [0, 0.05) is 30.6 Å². The van der Waals surface area contributed by atoms with E-state index in [9.17, 15) is 5.11 Å². The number of nitrogens with zero attached hydrogens (tertiary/aromatic N) is 3.